The third kappa shape index (κ3) is 2.42. The number of imidazole rings is 2. The lowest BCUT2D eigenvalue weighted by Crippen LogP contribution is -2.24. The minimum absolute atomic E-state index is 0.108. The average molecular weight is 287 g/mol. The fraction of sp³-hybridized carbons (Fsp3) is 0.357. The standard InChI is InChI=1S/C14H17N5O2/c1-10-8-18(5-4-12-7-15-9-17(12)3)14(20)19(10)13-6-11(2)21-16-13/h6-9H,4-5H2,1-3H3. The maximum absolute atomic E-state index is 12.5. The van der Waals surface area contributed by atoms with Crippen molar-refractivity contribution in [2.75, 3.05) is 0 Å². The zero-order valence-electron chi connectivity index (χ0n) is 12.3. The normalized spacial score (nSPS) is 11.2. The predicted molar refractivity (Wildman–Crippen MR) is 76.5 cm³/mol. The molecule has 3 heterocycles. The van der Waals surface area contributed by atoms with Crippen LogP contribution in [0.1, 0.15) is 17.1 Å². The second-order valence-corrected chi connectivity index (χ2v) is 5.12. The van der Waals surface area contributed by atoms with E-state index in [0.717, 1.165) is 17.8 Å². The SMILES string of the molecule is Cc1cc(-n2c(C)cn(CCc3cncn3C)c2=O)no1. The van der Waals surface area contributed by atoms with Crippen LogP contribution in [-0.4, -0.2) is 23.8 Å². The molecule has 0 atom stereocenters. The van der Waals surface area contributed by atoms with Gasteiger partial charge in [-0.1, -0.05) is 5.16 Å². The summed E-state index contributed by atoms with van der Waals surface area (Å²) in [6, 6.07) is 1.75. The molecule has 0 saturated carbocycles. The van der Waals surface area contributed by atoms with E-state index in [1.54, 1.807) is 28.5 Å². The molecule has 0 aromatic carbocycles. The lowest BCUT2D eigenvalue weighted by Gasteiger charge is -2.02. The highest BCUT2D eigenvalue weighted by molar-refractivity contribution is 5.24. The lowest BCUT2D eigenvalue weighted by molar-refractivity contribution is 0.394. The molecular formula is C14H17N5O2. The summed E-state index contributed by atoms with van der Waals surface area (Å²) in [4.78, 5) is 16.5. The topological polar surface area (TPSA) is 70.8 Å². The van der Waals surface area contributed by atoms with Gasteiger partial charge in [0.2, 0.25) is 0 Å². The molecule has 7 heteroatoms. The number of rotatable bonds is 4. The molecule has 0 N–H and O–H groups in total. The van der Waals surface area contributed by atoms with Gasteiger partial charge in [-0.25, -0.2) is 14.3 Å². The number of aryl methyl sites for hydroxylation is 5. The van der Waals surface area contributed by atoms with Gasteiger partial charge in [0.05, 0.1) is 6.33 Å². The van der Waals surface area contributed by atoms with Gasteiger partial charge in [-0.05, 0) is 13.8 Å². The molecule has 3 aromatic rings. The van der Waals surface area contributed by atoms with E-state index in [9.17, 15) is 4.79 Å². The van der Waals surface area contributed by atoms with Crippen LogP contribution in [0.5, 0.6) is 0 Å². The highest BCUT2D eigenvalue weighted by Gasteiger charge is 2.13. The van der Waals surface area contributed by atoms with Gasteiger partial charge in [-0.2, -0.15) is 0 Å². The van der Waals surface area contributed by atoms with Gasteiger partial charge in [0.25, 0.3) is 0 Å². The van der Waals surface area contributed by atoms with Crippen molar-refractivity contribution >= 4 is 0 Å². The summed E-state index contributed by atoms with van der Waals surface area (Å²) in [5.74, 6) is 1.20. The Morgan fingerprint density at radius 3 is 2.76 bits per heavy atom. The number of hydrogen-bond donors (Lipinski definition) is 0. The molecule has 0 aliphatic carbocycles. The average Bonchev–Trinajstić information content (AvgIpc) is 3.09. The van der Waals surface area contributed by atoms with E-state index < -0.39 is 0 Å². The second kappa shape index (κ2) is 5.08. The van der Waals surface area contributed by atoms with Crippen molar-refractivity contribution in [2.24, 2.45) is 7.05 Å². The van der Waals surface area contributed by atoms with E-state index in [-0.39, 0.29) is 5.69 Å². The van der Waals surface area contributed by atoms with Crippen molar-refractivity contribution in [2.45, 2.75) is 26.8 Å². The highest BCUT2D eigenvalue weighted by Crippen LogP contribution is 2.09. The van der Waals surface area contributed by atoms with Crippen molar-refractivity contribution < 1.29 is 4.52 Å². The number of aromatic nitrogens is 5. The van der Waals surface area contributed by atoms with Crippen molar-refractivity contribution in [3.8, 4) is 5.82 Å². The first-order chi connectivity index (χ1) is 10.1. The van der Waals surface area contributed by atoms with Crippen molar-refractivity contribution in [1.29, 1.82) is 0 Å². The van der Waals surface area contributed by atoms with E-state index in [0.29, 0.717) is 18.1 Å². The Morgan fingerprint density at radius 2 is 2.14 bits per heavy atom. The van der Waals surface area contributed by atoms with Gasteiger partial charge in [0.15, 0.2) is 5.82 Å². The molecule has 110 valence electrons. The fourth-order valence-electron chi connectivity index (χ4n) is 2.38. The van der Waals surface area contributed by atoms with Crippen LogP contribution >= 0.6 is 0 Å². The molecule has 0 bridgehead atoms. The zero-order chi connectivity index (χ0) is 15.0. The molecule has 7 nitrogen and oxygen atoms in total. The van der Waals surface area contributed by atoms with Crippen LogP contribution in [0.4, 0.5) is 0 Å². The summed E-state index contributed by atoms with van der Waals surface area (Å²) >= 11 is 0. The summed E-state index contributed by atoms with van der Waals surface area (Å²) in [5.41, 5.74) is 1.81. The zero-order valence-corrected chi connectivity index (χ0v) is 12.3. The number of nitrogens with zero attached hydrogens (tertiary/aromatic N) is 5. The molecule has 0 aliphatic heterocycles. The highest BCUT2D eigenvalue weighted by atomic mass is 16.5. The molecule has 0 saturated heterocycles. The predicted octanol–water partition coefficient (Wildman–Crippen LogP) is 1.22. The van der Waals surface area contributed by atoms with E-state index in [4.69, 9.17) is 4.52 Å². The smallest absolute Gasteiger partial charge is 0.334 e. The first-order valence-electron chi connectivity index (χ1n) is 6.74. The summed E-state index contributed by atoms with van der Waals surface area (Å²) in [7, 11) is 1.94. The Labute approximate surface area is 121 Å². The Balaban J connectivity index is 1.88. The third-order valence-corrected chi connectivity index (χ3v) is 3.50. The van der Waals surface area contributed by atoms with Crippen molar-refractivity contribution in [1.82, 2.24) is 23.8 Å². The molecule has 3 rings (SSSR count). The molecule has 21 heavy (non-hydrogen) atoms. The van der Waals surface area contributed by atoms with Crippen molar-refractivity contribution in [3.05, 3.63) is 52.4 Å². The molecule has 0 aliphatic rings. The van der Waals surface area contributed by atoms with Gasteiger partial charge in [-0.15, -0.1) is 0 Å². The summed E-state index contributed by atoms with van der Waals surface area (Å²) in [5, 5.41) is 3.91. The van der Waals surface area contributed by atoms with Gasteiger partial charge in [0, 0.05) is 49.9 Å². The van der Waals surface area contributed by atoms with Gasteiger partial charge < -0.3 is 9.09 Å². The first kappa shape index (κ1) is 13.4. The summed E-state index contributed by atoms with van der Waals surface area (Å²) in [6.45, 7) is 4.28. The van der Waals surface area contributed by atoms with Gasteiger partial charge >= 0.3 is 5.69 Å². The van der Waals surface area contributed by atoms with E-state index in [1.165, 1.54) is 0 Å². The Kier molecular flexibility index (Phi) is 3.25. The van der Waals surface area contributed by atoms with Crippen LogP contribution in [0.25, 0.3) is 5.82 Å². The molecule has 0 unspecified atom stereocenters. The minimum Gasteiger partial charge on any atom is -0.360 e. The maximum Gasteiger partial charge on any atom is 0.334 e. The Morgan fingerprint density at radius 1 is 1.33 bits per heavy atom. The third-order valence-electron chi connectivity index (χ3n) is 3.50. The van der Waals surface area contributed by atoms with Crippen LogP contribution in [-0.2, 0) is 20.0 Å². The van der Waals surface area contributed by atoms with Crippen LogP contribution in [0, 0.1) is 13.8 Å². The molecule has 0 radical (unpaired) electrons. The van der Waals surface area contributed by atoms with E-state index in [1.807, 2.05) is 30.9 Å². The fourth-order valence-corrected chi connectivity index (χ4v) is 2.38. The van der Waals surface area contributed by atoms with E-state index in [2.05, 4.69) is 10.1 Å². The summed E-state index contributed by atoms with van der Waals surface area (Å²) in [6.07, 6.45) is 6.16. The van der Waals surface area contributed by atoms with Crippen molar-refractivity contribution in [3.63, 3.8) is 0 Å². The van der Waals surface area contributed by atoms with Crippen LogP contribution in [0.3, 0.4) is 0 Å². The van der Waals surface area contributed by atoms with Crippen LogP contribution in [0.15, 0.2) is 34.1 Å². The van der Waals surface area contributed by atoms with Crippen LogP contribution in [0.2, 0.25) is 0 Å². The van der Waals surface area contributed by atoms with Gasteiger partial charge in [0.1, 0.15) is 5.76 Å². The number of hydrogen-bond acceptors (Lipinski definition) is 4. The summed E-state index contributed by atoms with van der Waals surface area (Å²) < 4.78 is 10.2. The van der Waals surface area contributed by atoms with Gasteiger partial charge in [-0.3, -0.25) is 4.57 Å². The Bertz CT molecular complexity index is 821. The first-order valence-corrected chi connectivity index (χ1v) is 6.74. The van der Waals surface area contributed by atoms with E-state index >= 15 is 0 Å². The maximum atomic E-state index is 12.5. The molecular weight excluding hydrogens is 270 g/mol. The minimum atomic E-state index is -0.108. The largest absolute Gasteiger partial charge is 0.360 e. The second-order valence-electron chi connectivity index (χ2n) is 5.12. The molecule has 3 aromatic heterocycles. The Hall–Kier alpha value is -2.57. The molecule has 0 fully saturated rings. The van der Waals surface area contributed by atoms with Crippen LogP contribution < -0.4 is 5.69 Å². The lowest BCUT2D eigenvalue weighted by atomic mass is 10.3. The molecule has 0 spiro atoms. The monoisotopic (exact) mass is 287 g/mol. The quantitative estimate of drug-likeness (QED) is 0.723. The molecule has 0 amide bonds.